The van der Waals surface area contributed by atoms with Crippen LogP contribution in [0.15, 0.2) is 53.7 Å². The molecule has 0 fully saturated rings. The third-order valence-electron chi connectivity index (χ3n) is 5.20. The zero-order valence-corrected chi connectivity index (χ0v) is 17.7. The van der Waals surface area contributed by atoms with Gasteiger partial charge in [-0.2, -0.15) is 4.98 Å². The van der Waals surface area contributed by atoms with Crippen molar-refractivity contribution < 1.29 is 19.0 Å². The summed E-state index contributed by atoms with van der Waals surface area (Å²) in [6.07, 6.45) is 0. The lowest BCUT2D eigenvalue weighted by Crippen LogP contribution is -2.32. The number of anilines is 1. The van der Waals surface area contributed by atoms with Gasteiger partial charge in [0.25, 0.3) is 0 Å². The molecule has 160 valence electrons. The van der Waals surface area contributed by atoms with E-state index in [1.165, 1.54) is 0 Å². The van der Waals surface area contributed by atoms with Crippen molar-refractivity contribution in [1.82, 2.24) is 14.8 Å². The van der Waals surface area contributed by atoms with Gasteiger partial charge in [-0.15, -0.1) is 5.10 Å². The molecule has 0 unspecified atom stereocenters. The van der Waals surface area contributed by atoms with Crippen LogP contribution in [0.5, 0.6) is 17.2 Å². The van der Waals surface area contributed by atoms with Crippen LogP contribution in [-0.4, -0.2) is 42.0 Å². The lowest BCUT2D eigenvalue weighted by molar-refractivity contribution is -0.115. The Labute approximate surface area is 179 Å². The number of ether oxygens (including phenoxy) is 3. The number of methoxy groups -OCH3 is 3. The van der Waals surface area contributed by atoms with E-state index < -0.39 is 11.9 Å². The highest BCUT2D eigenvalue weighted by Gasteiger charge is 2.35. The Morgan fingerprint density at radius 1 is 1.03 bits per heavy atom. The lowest BCUT2D eigenvalue weighted by atomic mass is 9.94. The molecule has 1 aliphatic rings. The van der Waals surface area contributed by atoms with Crippen LogP contribution < -0.4 is 25.3 Å². The molecule has 1 atom stereocenters. The quantitative estimate of drug-likeness (QED) is 0.629. The van der Waals surface area contributed by atoms with Gasteiger partial charge in [0, 0.05) is 16.8 Å². The number of nitrogens with one attached hydrogen (secondary N) is 1. The molecule has 9 nitrogen and oxygen atoms in total. The summed E-state index contributed by atoms with van der Waals surface area (Å²) in [4.78, 5) is 17.1. The Kier molecular flexibility index (Phi) is 5.24. The standard InChI is InChI=1S/C22H23N5O4/c1-12-18(20(23)28)19(16-11-15(30-3)9-10-17(16)31-4)27-22(24-12)25-21(26-27)13-5-7-14(29-2)8-6-13/h5-11,19H,1-4H3,(H2,23,28)(H,24,25,26)/t19-/m1/s1. The number of benzene rings is 2. The molecule has 2 heterocycles. The van der Waals surface area contributed by atoms with E-state index in [1.807, 2.05) is 30.3 Å². The molecule has 1 amide bonds. The number of fused-ring (bicyclic) bond motifs is 1. The molecule has 1 aliphatic heterocycles. The van der Waals surface area contributed by atoms with Crippen LogP contribution in [0, 0.1) is 0 Å². The predicted molar refractivity (Wildman–Crippen MR) is 115 cm³/mol. The number of nitrogens with zero attached hydrogens (tertiary/aromatic N) is 3. The van der Waals surface area contributed by atoms with E-state index in [1.54, 1.807) is 45.1 Å². The van der Waals surface area contributed by atoms with Gasteiger partial charge in [-0.3, -0.25) is 4.79 Å². The first-order valence-corrected chi connectivity index (χ1v) is 9.57. The SMILES string of the molecule is COc1ccc(-c2nc3n(n2)[C@H](c2cc(OC)ccc2OC)C(C(N)=O)=C(C)N3)cc1. The van der Waals surface area contributed by atoms with E-state index in [-0.39, 0.29) is 0 Å². The Morgan fingerprint density at radius 2 is 1.71 bits per heavy atom. The van der Waals surface area contributed by atoms with E-state index in [0.29, 0.717) is 40.1 Å². The van der Waals surface area contributed by atoms with Crippen molar-refractivity contribution in [3.63, 3.8) is 0 Å². The van der Waals surface area contributed by atoms with Crippen molar-refractivity contribution in [3.8, 4) is 28.6 Å². The highest BCUT2D eigenvalue weighted by molar-refractivity contribution is 5.95. The number of rotatable bonds is 6. The summed E-state index contributed by atoms with van der Waals surface area (Å²) in [6, 6.07) is 12.2. The molecule has 0 saturated heterocycles. The Bertz CT molecular complexity index is 1170. The molecule has 0 radical (unpaired) electrons. The van der Waals surface area contributed by atoms with Crippen molar-refractivity contribution >= 4 is 11.9 Å². The van der Waals surface area contributed by atoms with Crippen LogP contribution in [0.3, 0.4) is 0 Å². The molecule has 0 bridgehead atoms. The summed E-state index contributed by atoms with van der Waals surface area (Å²) in [5.41, 5.74) is 8.23. The molecule has 0 aliphatic carbocycles. The molecule has 3 N–H and O–H groups in total. The van der Waals surface area contributed by atoms with Crippen LogP contribution in [-0.2, 0) is 4.79 Å². The van der Waals surface area contributed by atoms with Crippen molar-refractivity contribution in [2.45, 2.75) is 13.0 Å². The van der Waals surface area contributed by atoms with Gasteiger partial charge in [-0.25, -0.2) is 4.68 Å². The van der Waals surface area contributed by atoms with Crippen molar-refractivity contribution in [2.75, 3.05) is 26.6 Å². The van der Waals surface area contributed by atoms with E-state index in [4.69, 9.17) is 25.0 Å². The number of nitrogens with two attached hydrogens (primary N) is 1. The highest BCUT2D eigenvalue weighted by Crippen LogP contribution is 2.41. The first-order valence-electron chi connectivity index (χ1n) is 9.57. The van der Waals surface area contributed by atoms with E-state index in [9.17, 15) is 4.79 Å². The third kappa shape index (κ3) is 3.54. The zero-order valence-electron chi connectivity index (χ0n) is 17.7. The summed E-state index contributed by atoms with van der Waals surface area (Å²) in [7, 11) is 4.75. The van der Waals surface area contributed by atoms with Gasteiger partial charge >= 0.3 is 0 Å². The maximum Gasteiger partial charge on any atom is 0.248 e. The fourth-order valence-corrected chi connectivity index (χ4v) is 3.67. The number of amides is 1. The minimum Gasteiger partial charge on any atom is -0.497 e. The zero-order chi connectivity index (χ0) is 22.1. The molecule has 4 rings (SSSR count). The smallest absolute Gasteiger partial charge is 0.248 e. The summed E-state index contributed by atoms with van der Waals surface area (Å²) < 4.78 is 17.8. The van der Waals surface area contributed by atoms with Crippen molar-refractivity contribution in [2.24, 2.45) is 5.73 Å². The third-order valence-corrected chi connectivity index (χ3v) is 5.20. The normalized spacial score (nSPS) is 15.2. The summed E-state index contributed by atoms with van der Waals surface area (Å²) in [6.45, 7) is 1.78. The predicted octanol–water partition coefficient (Wildman–Crippen LogP) is 2.75. The summed E-state index contributed by atoms with van der Waals surface area (Å²) >= 11 is 0. The average molecular weight is 421 g/mol. The molecular weight excluding hydrogens is 398 g/mol. The van der Waals surface area contributed by atoms with Crippen LogP contribution in [0.1, 0.15) is 18.5 Å². The first kappa shape index (κ1) is 20.3. The van der Waals surface area contributed by atoms with Crippen molar-refractivity contribution in [3.05, 3.63) is 59.3 Å². The van der Waals surface area contributed by atoms with E-state index in [0.717, 1.165) is 11.3 Å². The number of aromatic nitrogens is 3. The summed E-state index contributed by atoms with van der Waals surface area (Å²) in [5, 5.41) is 7.84. The lowest BCUT2D eigenvalue weighted by Gasteiger charge is -2.28. The monoisotopic (exact) mass is 421 g/mol. The first-order chi connectivity index (χ1) is 15.0. The largest absolute Gasteiger partial charge is 0.497 e. The number of primary amides is 1. The number of carbonyl (C=O) groups excluding carboxylic acids is 1. The summed E-state index contributed by atoms with van der Waals surface area (Å²) in [5.74, 6) is 2.35. The number of hydrogen-bond acceptors (Lipinski definition) is 7. The molecule has 0 spiro atoms. The topological polar surface area (TPSA) is 114 Å². The maximum atomic E-state index is 12.4. The number of hydrogen-bond donors (Lipinski definition) is 2. The van der Waals surface area contributed by atoms with E-state index in [2.05, 4.69) is 10.3 Å². The second kappa shape index (κ2) is 8.02. The molecule has 9 heteroatoms. The maximum absolute atomic E-state index is 12.4. The van der Waals surface area contributed by atoms with E-state index >= 15 is 0 Å². The Morgan fingerprint density at radius 3 is 2.32 bits per heavy atom. The number of allylic oxidation sites excluding steroid dienone is 1. The Hall–Kier alpha value is -4.01. The fraction of sp³-hybridized carbons (Fsp3) is 0.227. The second-order valence-electron chi connectivity index (χ2n) is 6.97. The molecule has 0 saturated carbocycles. The average Bonchev–Trinajstić information content (AvgIpc) is 3.21. The van der Waals surface area contributed by atoms with Gasteiger partial charge < -0.3 is 25.3 Å². The molecule has 1 aromatic heterocycles. The molecule has 3 aromatic rings. The van der Waals surface area contributed by atoms with Crippen LogP contribution >= 0.6 is 0 Å². The second-order valence-corrected chi connectivity index (χ2v) is 6.97. The highest BCUT2D eigenvalue weighted by atomic mass is 16.5. The van der Waals surface area contributed by atoms with Gasteiger partial charge in [0.05, 0.1) is 26.9 Å². The van der Waals surface area contributed by atoms with Crippen LogP contribution in [0.25, 0.3) is 11.4 Å². The minimum absolute atomic E-state index is 0.366. The van der Waals surface area contributed by atoms with Gasteiger partial charge in [0.2, 0.25) is 11.9 Å². The van der Waals surface area contributed by atoms with Gasteiger partial charge in [-0.1, -0.05) is 0 Å². The van der Waals surface area contributed by atoms with Gasteiger partial charge in [0.1, 0.15) is 23.3 Å². The minimum atomic E-state index is -0.640. The van der Waals surface area contributed by atoms with Gasteiger partial charge in [-0.05, 0) is 49.4 Å². The molecular formula is C22H23N5O4. The molecule has 2 aromatic carbocycles. The van der Waals surface area contributed by atoms with Crippen LogP contribution in [0.4, 0.5) is 5.95 Å². The van der Waals surface area contributed by atoms with Crippen molar-refractivity contribution in [1.29, 1.82) is 0 Å². The fourth-order valence-electron chi connectivity index (χ4n) is 3.67. The molecule has 31 heavy (non-hydrogen) atoms. The van der Waals surface area contributed by atoms with Crippen LogP contribution in [0.2, 0.25) is 0 Å². The number of carbonyl (C=O) groups is 1. The Balaban J connectivity index is 1.90. The van der Waals surface area contributed by atoms with Gasteiger partial charge in [0.15, 0.2) is 5.82 Å².